The zero-order valence-electron chi connectivity index (χ0n) is 7.35. The maximum Gasteiger partial charge on any atom is 0.393 e. The number of carboxylic acids is 1. The second-order valence-electron chi connectivity index (χ2n) is 2.70. The Kier molecular flexibility index (Phi) is 2.51. The molecule has 0 unspecified atom stereocenters. The number of hydrogen-bond donors (Lipinski definition) is 1. The quantitative estimate of drug-likeness (QED) is 0.904. The number of aromatic carboxylic acids is 1. The molecule has 1 N–H and O–H groups in total. The molecule has 0 spiro atoms. The minimum absolute atomic E-state index is 0.180. The van der Waals surface area contributed by atoms with Gasteiger partial charge in [0.15, 0.2) is 0 Å². The molecule has 76 valence electrons. The van der Waals surface area contributed by atoms with Crippen molar-refractivity contribution in [3.05, 3.63) is 34.6 Å². The first-order valence-corrected chi connectivity index (χ1v) is 4.79. The molecule has 2 rings (SSSR count). The smallest absolute Gasteiger partial charge is 0.393 e. The summed E-state index contributed by atoms with van der Waals surface area (Å²) in [7, 11) is 0. The molecule has 2 aromatic rings. The molecular formula is C9H5BrN2O3. The molecule has 0 radical (unpaired) electrons. The average Bonchev–Trinajstić information content (AvgIpc) is 2.67. The summed E-state index contributed by atoms with van der Waals surface area (Å²) in [6.45, 7) is 0. The Morgan fingerprint density at radius 1 is 1.33 bits per heavy atom. The topological polar surface area (TPSA) is 76.2 Å². The summed E-state index contributed by atoms with van der Waals surface area (Å²) in [5.74, 6) is -1.47. The monoisotopic (exact) mass is 268 g/mol. The highest BCUT2D eigenvalue weighted by Gasteiger charge is 2.15. The number of hydrogen-bond acceptors (Lipinski definition) is 4. The number of halogens is 1. The number of carbonyl (C=O) groups is 1. The second kappa shape index (κ2) is 3.82. The van der Waals surface area contributed by atoms with Crippen molar-refractivity contribution >= 4 is 21.9 Å². The van der Waals surface area contributed by atoms with E-state index in [1.807, 2.05) is 6.07 Å². The predicted octanol–water partition coefficient (Wildman–Crippen LogP) is 2.20. The van der Waals surface area contributed by atoms with E-state index in [0.717, 1.165) is 4.47 Å². The normalized spacial score (nSPS) is 10.2. The van der Waals surface area contributed by atoms with Crippen LogP contribution in [0.15, 0.2) is 33.2 Å². The van der Waals surface area contributed by atoms with Crippen LogP contribution < -0.4 is 0 Å². The summed E-state index contributed by atoms with van der Waals surface area (Å²) >= 11 is 3.30. The molecule has 0 aliphatic carbocycles. The number of benzene rings is 1. The second-order valence-corrected chi connectivity index (χ2v) is 3.55. The van der Waals surface area contributed by atoms with E-state index in [1.165, 1.54) is 0 Å². The average molecular weight is 269 g/mol. The first-order valence-electron chi connectivity index (χ1n) is 4.00. The van der Waals surface area contributed by atoms with Crippen LogP contribution in [0.2, 0.25) is 0 Å². The highest BCUT2D eigenvalue weighted by molar-refractivity contribution is 9.10. The van der Waals surface area contributed by atoms with Gasteiger partial charge in [-0.05, 0) is 28.1 Å². The van der Waals surface area contributed by atoms with Crippen molar-refractivity contribution in [2.24, 2.45) is 0 Å². The van der Waals surface area contributed by atoms with Crippen molar-refractivity contribution < 1.29 is 14.3 Å². The maximum atomic E-state index is 10.5. The third-order valence-corrected chi connectivity index (χ3v) is 2.40. The summed E-state index contributed by atoms with van der Waals surface area (Å²) in [6.07, 6.45) is 0. The highest BCUT2D eigenvalue weighted by Crippen LogP contribution is 2.26. The lowest BCUT2D eigenvalue weighted by Crippen LogP contribution is -1.95. The van der Waals surface area contributed by atoms with Gasteiger partial charge in [0.2, 0.25) is 5.89 Å². The molecule has 1 heterocycles. The molecule has 15 heavy (non-hydrogen) atoms. The zero-order chi connectivity index (χ0) is 10.8. The lowest BCUT2D eigenvalue weighted by atomic mass is 10.2. The number of aromatic nitrogens is 2. The van der Waals surface area contributed by atoms with E-state index < -0.39 is 11.9 Å². The standard InChI is InChI=1S/C9H5BrN2O3/c10-6-4-2-1-3-5(6)7-11-12-8(15-7)9(13)14/h1-4H,(H,13,14). The van der Waals surface area contributed by atoms with Crippen LogP contribution in [0.4, 0.5) is 0 Å². The predicted molar refractivity (Wildman–Crippen MR) is 54.4 cm³/mol. The van der Waals surface area contributed by atoms with Gasteiger partial charge < -0.3 is 9.52 Å². The fraction of sp³-hybridized carbons (Fsp3) is 0. The van der Waals surface area contributed by atoms with Gasteiger partial charge in [-0.1, -0.05) is 12.1 Å². The number of rotatable bonds is 2. The maximum absolute atomic E-state index is 10.5. The Hall–Kier alpha value is -1.69. The Balaban J connectivity index is 2.46. The van der Waals surface area contributed by atoms with Gasteiger partial charge in [-0.3, -0.25) is 0 Å². The van der Waals surface area contributed by atoms with Gasteiger partial charge in [-0.25, -0.2) is 4.79 Å². The third-order valence-electron chi connectivity index (χ3n) is 1.71. The molecular weight excluding hydrogens is 264 g/mol. The molecule has 0 atom stereocenters. The zero-order valence-corrected chi connectivity index (χ0v) is 8.93. The van der Waals surface area contributed by atoms with Crippen LogP contribution in [-0.4, -0.2) is 21.3 Å². The van der Waals surface area contributed by atoms with Crippen LogP contribution in [0.5, 0.6) is 0 Å². The third kappa shape index (κ3) is 1.89. The first kappa shape index (κ1) is 9.85. The van der Waals surface area contributed by atoms with Crippen molar-refractivity contribution in [2.45, 2.75) is 0 Å². The van der Waals surface area contributed by atoms with Crippen LogP contribution in [0.1, 0.15) is 10.7 Å². The summed E-state index contributed by atoms with van der Waals surface area (Å²) < 4.78 is 5.73. The molecule has 0 fully saturated rings. The largest absolute Gasteiger partial charge is 0.474 e. The SMILES string of the molecule is O=C(O)c1nnc(-c2ccccc2Br)o1. The van der Waals surface area contributed by atoms with E-state index in [2.05, 4.69) is 26.1 Å². The molecule has 5 nitrogen and oxygen atoms in total. The van der Waals surface area contributed by atoms with Gasteiger partial charge in [0, 0.05) is 4.47 Å². The van der Waals surface area contributed by atoms with Crippen molar-refractivity contribution in [3.8, 4) is 11.5 Å². The Bertz CT molecular complexity index is 510. The van der Waals surface area contributed by atoms with Gasteiger partial charge >= 0.3 is 11.9 Å². The molecule has 0 bridgehead atoms. The Morgan fingerprint density at radius 3 is 2.67 bits per heavy atom. The van der Waals surface area contributed by atoms with Gasteiger partial charge in [0.05, 0.1) is 5.56 Å². The van der Waals surface area contributed by atoms with E-state index in [9.17, 15) is 4.79 Å². The molecule has 0 saturated carbocycles. The van der Waals surface area contributed by atoms with Crippen molar-refractivity contribution in [1.82, 2.24) is 10.2 Å². The fourth-order valence-electron chi connectivity index (χ4n) is 1.05. The van der Waals surface area contributed by atoms with E-state index in [1.54, 1.807) is 18.2 Å². The molecule has 6 heteroatoms. The van der Waals surface area contributed by atoms with Gasteiger partial charge in [0.1, 0.15) is 0 Å². The van der Waals surface area contributed by atoms with Crippen molar-refractivity contribution in [2.75, 3.05) is 0 Å². The van der Waals surface area contributed by atoms with Crippen LogP contribution in [-0.2, 0) is 0 Å². The first-order chi connectivity index (χ1) is 7.18. The van der Waals surface area contributed by atoms with Gasteiger partial charge in [-0.2, -0.15) is 0 Å². The van der Waals surface area contributed by atoms with Crippen molar-refractivity contribution in [1.29, 1.82) is 0 Å². The van der Waals surface area contributed by atoms with E-state index in [4.69, 9.17) is 9.52 Å². The number of nitrogens with zero attached hydrogens (tertiary/aromatic N) is 2. The minimum atomic E-state index is -1.24. The lowest BCUT2D eigenvalue weighted by molar-refractivity contribution is 0.0654. The highest BCUT2D eigenvalue weighted by atomic mass is 79.9. The van der Waals surface area contributed by atoms with E-state index in [0.29, 0.717) is 5.56 Å². The summed E-state index contributed by atoms with van der Waals surface area (Å²) in [5.41, 5.74) is 0.664. The summed E-state index contributed by atoms with van der Waals surface area (Å²) in [5, 5.41) is 15.6. The molecule has 0 saturated heterocycles. The number of carboxylic acid groups (broad SMARTS) is 1. The van der Waals surface area contributed by atoms with Crippen LogP contribution in [0.3, 0.4) is 0 Å². The fourth-order valence-corrected chi connectivity index (χ4v) is 1.51. The lowest BCUT2D eigenvalue weighted by Gasteiger charge is -1.96. The van der Waals surface area contributed by atoms with Crippen LogP contribution >= 0.6 is 15.9 Å². The Labute approximate surface area is 92.9 Å². The molecule has 1 aromatic carbocycles. The molecule has 0 aliphatic heterocycles. The minimum Gasteiger partial charge on any atom is -0.474 e. The van der Waals surface area contributed by atoms with Crippen LogP contribution in [0, 0.1) is 0 Å². The molecule has 1 aromatic heterocycles. The van der Waals surface area contributed by atoms with E-state index >= 15 is 0 Å². The Morgan fingerprint density at radius 2 is 2.07 bits per heavy atom. The van der Waals surface area contributed by atoms with Gasteiger partial charge in [-0.15, -0.1) is 10.2 Å². The summed E-state index contributed by atoms with van der Waals surface area (Å²) in [6, 6.07) is 7.19. The molecule has 0 aliphatic rings. The molecule has 0 amide bonds. The van der Waals surface area contributed by atoms with Crippen molar-refractivity contribution in [3.63, 3.8) is 0 Å². The van der Waals surface area contributed by atoms with Crippen LogP contribution in [0.25, 0.3) is 11.5 Å². The summed E-state index contributed by atoms with van der Waals surface area (Å²) in [4.78, 5) is 10.5. The van der Waals surface area contributed by atoms with E-state index in [-0.39, 0.29) is 5.89 Å². The van der Waals surface area contributed by atoms with Gasteiger partial charge in [0.25, 0.3) is 0 Å².